The molecule has 0 saturated carbocycles. The van der Waals surface area contributed by atoms with Gasteiger partial charge < -0.3 is 10.5 Å². The van der Waals surface area contributed by atoms with Crippen molar-refractivity contribution in [2.45, 2.75) is 18.9 Å². The van der Waals surface area contributed by atoms with Crippen molar-refractivity contribution < 1.29 is 4.74 Å². The number of hydrogen-bond acceptors (Lipinski definition) is 4. The van der Waals surface area contributed by atoms with Crippen LogP contribution in [-0.2, 0) is 6.42 Å². The number of aromatic nitrogens is 3. The summed E-state index contributed by atoms with van der Waals surface area (Å²) in [6, 6.07) is 7.94. The molecule has 90 valence electrons. The molecule has 0 aliphatic rings. The first-order chi connectivity index (χ1) is 8.29. The molecule has 0 amide bonds. The largest absolute Gasteiger partial charge is 0.497 e. The third-order valence-corrected chi connectivity index (χ3v) is 2.72. The van der Waals surface area contributed by atoms with Crippen molar-refractivity contribution in [2.24, 2.45) is 5.73 Å². The Morgan fingerprint density at radius 3 is 2.71 bits per heavy atom. The first kappa shape index (κ1) is 11.6. The van der Waals surface area contributed by atoms with E-state index in [4.69, 9.17) is 10.5 Å². The summed E-state index contributed by atoms with van der Waals surface area (Å²) in [6.07, 6.45) is 3.43. The predicted octanol–water partition coefficient (Wildman–Crippen LogP) is 1.45. The van der Waals surface area contributed by atoms with E-state index >= 15 is 0 Å². The molecule has 0 spiro atoms. The number of hydrogen-bond donors (Lipinski definition) is 2. The van der Waals surface area contributed by atoms with E-state index in [-0.39, 0.29) is 6.04 Å². The molecular formula is C12H16N4O. The zero-order valence-corrected chi connectivity index (χ0v) is 9.76. The highest BCUT2D eigenvalue weighted by molar-refractivity contribution is 5.27. The van der Waals surface area contributed by atoms with Gasteiger partial charge in [-0.15, -0.1) is 0 Å². The van der Waals surface area contributed by atoms with Crippen LogP contribution in [0.3, 0.4) is 0 Å². The van der Waals surface area contributed by atoms with E-state index in [0.717, 1.165) is 24.3 Å². The summed E-state index contributed by atoms with van der Waals surface area (Å²) in [5.74, 6) is 0.870. The number of H-pyrrole nitrogens is 1. The molecule has 1 heterocycles. The molecule has 1 unspecified atom stereocenters. The average molecular weight is 232 g/mol. The van der Waals surface area contributed by atoms with E-state index in [1.54, 1.807) is 13.3 Å². The van der Waals surface area contributed by atoms with Gasteiger partial charge in [-0.2, -0.15) is 15.4 Å². The molecular weight excluding hydrogens is 216 g/mol. The zero-order valence-electron chi connectivity index (χ0n) is 9.76. The van der Waals surface area contributed by atoms with E-state index in [2.05, 4.69) is 15.4 Å². The minimum absolute atomic E-state index is 0.0733. The maximum atomic E-state index is 6.00. The van der Waals surface area contributed by atoms with Crippen LogP contribution in [-0.4, -0.2) is 22.5 Å². The smallest absolute Gasteiger partial charge is 0.118 e. The Kier molecular flexibility index (Phi) is 3.72. The fourth-order valence-corrected chi connectivity index (χ4v) is 1.65. The fraction of sp³-hybridized carbons (Fsp3) is 0.333. The molecule has 17 heavy (non-hydrogen) atoms. The standard InChI is InChI=1S/C12H16N4O/c1-17-10-5-2-9(3-6-10)4-7-11(13)12-8-14-16-15-12/h2-3,5-6,8,11H,4,7,13H2,1H3,(H,14,15,16). The van der Waals surface area contributed by atoms with E-state index < -0.39 is 0 Å². The second-order valence-corrected chi connectivity index (χ2v) is 3.89. The van der Waals surface area contributed by atoms with Gasteiger partial charge in [-0.05, 0) is 30.5 Å². The van der Waals surface area contributed by atoms with Crippen molar-refractivity contribution in [3.05, 3.63) is 41.7 Å². The molecule has 0 saturated heterocycles. The van der Waals surface area contributed by atoms with Gasteiger partial charge in [-0.3, -0.25) is 0 Å². The van der Waals surface area contributed by atoms with Crippen molar-refractivity contribution in [1.82, 2.24) is 15.4 Å². The highest BCUT2D eigenvalue weighted by atomic mass is 16.5. The Bertz CT molecular complexity index is 438. The third kappa shape index (κ3) is 3.04. The van der Waals surface area contributed by atoms with Crippen LogP contribution in [0.4, 0.5) is 0 Å². The third-order valence-electron chi connectivity index (χ3n) is 2.72. The summed E-state index contributed by atoms with van der Waals surface area (Å²) in [4.78, 5) is 0. The monoisotopic (exact) mass is 232 g/mol. The SMILES string of the molecule is COc1ccc(CCC(N)c2cn[nH]n2)cc1. The molecule has 5 nitrogen and oxygen atoms in total. The van der Waals surface area contributed by atoms with Crippen LogP contribution in [0.15, 0.2) is 30.5 Å². The molecule has 5 heteroatoms. The zero-order chi connectivity index (χ0) is 12.1. The number of nitrogens with two attached hydrogens (primary N) is 1. The van der Waals surface area contributed by atoms with Crippen molar-refractivity contribution in [1.29, 1.82) is 0 Å². The van der Waals surface area contributed by atoms with Crippen LogP contribution in [0.25, 0.3) is 0 Å². The van der Waals surface area contributed by atoms with Gasteiger partial charge in [0.15, 0.2) is 0 Å². The van der Waals surface area contributed by atoms with Gasteiger partial charge in [0.25, 0.3) is 0 Å². The first-order valence-corrected chi connectivity index (χ1v) is 5.54. The summed E-state index contributed by atoms with van der Waals surface area (Å²) in [5.41, 5.74) is 8.04. The second kappa shape index (κ2) is 5.45. The number of ether oxygens (including phenoxy) is 1. The van der Waals surface area contributed by atoms with Crippen LogP contribution in [0.5, 0.6) is 5.75 Å². The van der Waals surface area contributed by atoms with Gasteiger partial charge in [0, 0.05) is 0 Å². The topological polar surface area (TPSA) is 76.8 Å². The van der Waals surface area contributed by atoms with Gasteiger partial charge in [-0.25, -0.2) is 0 Å². The van der Waals surface area contributed by atoms with Gasteiger partial charge >= 0.3 is 0 Å². The van der Waals surface area contributed by atoms with E-state index in [0.29, 0.717) is 0 Å². The highest BCUT2D eigenvalue weighted by Gasteiger charge is 2.08. The lowest BCUT2D eigenvalue weighted by Gasteiger charge is -2.08. The number of methoxy groups -OCH3 is 1. The molecule has 0 fully saturated rings. The van der Waals surface area contributed by atoms with E-state index in [1.165, 1.54) is 5.56 Å². The lowest BCUT2D eigenvalue weighted by molar-refractivity contribution is 0.414. The normalized spacial score (nSPS) is 12.4. The van der Waals surface area contributed by atoms with Gasteiger partial charge in [0.2, 0.25) is 0 Å². The van der Waals surface area contributed by atoms with Gasteiger partial charge in [-0.1, -0.05) is 12.1 Å². The summed E-state index contributed by atoms with van der Waals surface area (Å²) in [6.45, 7) is 0. The number of nitrogens with one attached hydrogen (secondary N) is 1. The van der Waals surface area contributed by atoms with Gasteiger partial charge in [0.05, 0.1) is 25.0 Å². The molecule has 0 aliphatic carbocycles. The number of rotatable bonds is 5. The maximum absolute atomic E-state index is 6.00. The average Bonchev–Trinajstić information content (AvgIpc) is 2.90. The second-order valence-electron chi connectivity index (χ2n) is 3.89. The van der Waals surface area contributed by atoms with Crippen molar-refractivity contribution in [2.75, 3.05) is 7.11 Å². The number of nitrogens with zero attached hydrogens (tertiary/aromatic N) is 2. The molecule has 0 radical (unpaired) electrons. The summed E-state index contributed by atoms with van der Waals surface area (Å²) in [5, 5.41) is 10.3. The number of aryl methyl sites for hydroxylation is 1. The van der Waals surface area contributed by atoms with Gasteiger partial charge in [0.1, 0.15) is 5.75 Å². The number of benzene rings is 1. The Morgan fingerprint density at radius 1 is 1.35 bits per heavy atom. The lowest BCUT2D eigenvalue weighted by atomic mass is 10.0. The molecule has 1 aromatic heterocycles. The number of aromatic amines is 1. The fourth-order valence-electron chi connectivity index (χ4n) is 1.65. The molecule has 2 rings (SSSR count). The molecule has 1 atom stereocenters. The summed E-state index contributed by atoms with van der Waals surface area (Å²) in [7, 11) is 1.66. The quantitative estimate of drug-likeness (QED) is 0.818. The lowest BCUT2D eigenvalue weighted by Crippen LogP contribution is -2.11. The Morgan fingerprint density at radius 2 is 2.12 bits per heavy atom. The van der Waals surface area contributed by atoms with Crippen molar-refractivity contribution >= 4 is 0 Å². The van der Waals surface area contributed by atoms with Crippen molar-refractivity contribution in [3.63, 3.8) is 0 Å². The van der Waals surface area contributed by atoms with Crippen LogP contribution >= 0.6 is 0 Å². The van der Waals surface area contributed by atoms with E-state index in [1.807, 2.05) is 24.3 Å². The minimum Gasteiger partial charge on any atom is -0.497 e. The van der Waals surface area contributed by atoms with Crippen LogP contribution in [0.1, 0.15) is 23.7 Å². The predicted molar refractivity (Wildman–Crippen MR) is 64.6 cm³/mol. The van der Waals surface area contributed by atoms with Crippen LogP contribution in [0, 0.1) is 0 Å². The van der Waals surface area contributed by atoms with E-state index in [9.17, 15) is 0 Å². The van der Waals surface area contributed by atoms with Crippen molar-refractivity contribution in [3.8, 4) is 5.75 Å². The summed E-state index contributed by atoms with van der Waals surface area (Å²) >= 11 is 0. The summed E-state index contributed by atoms with van der Waals surface area (Å²) < 4.78 is 5.11. The molecule has 3 N–H and O–H groups in total. The molecule has 0 bridgehead atoms. The first-order valence-electron chi connectivity index (χ1n) is 5.54. The minimum atomic E-state index is -0.0733. The molecule has 1 aromatic carbocycles. The Hall–Kier alpha value is -1.88. The Balaban J connectivity index is 1.89. The molecule has 2 aromatic rings. The Labute approximate surface area is 100.0 Å². The maximum Gasteiger partial charge on any atom is 0.118 e. The van der Waals surface area contributed by atoms with Crippen LogP contribution in [0.2, 0.25) is 0 Å². The molecule has 0 aliphatic heterocycles. The van der Waals surface area contributed by atoms with Crippen LogP contribution < -0.4 is 10.5 Å². The highest BCUT2D eigenvalue weighted by Crippen LogP contribution is 2.16.